The third-order valence-corrected chi connectivity index (χ3v) is 4.30. The largest absolute Gasteiger partial charge is 0.316 e. The second-order valence-electron chi connectivity index (χ2n) is 6.23. The Kier molecular flexibility index (Phi) is 7.20. The Morgan fingerprint density at radius 1 is 1.22 bits per heavy atom. The number of likely N-dealkylation sites (N-methyl/N-ethyl adjacent to an activating group) is 1. The van der Waals surface area contributed by atoms with Crippen molar-refractivity contribution in [3.05, 3.63) is 0 Å². The molecule has 1 saturated heterocycles. The average Bonchev–Trinajstić information content (AvgIpc) is 2.87. The summed E-state index contributed by atoms with van der Waals surface area (Å²) < 4.78 is 0. The van der Waals surface area contributed by atoms with Crippen molar-refractivity contribution in [2.24, 2.45) is 5.41 Å². The third kappa shape index (κ3) is 5.68. The van der Waals surface area contributed by atoms with Gasteiger partial charge in [-0.2, -0.15) is 0 Å². The van der Waals surface area contributed by atoms with Crippen LogP contribution in [0.3, 0.4) is 0 Å². The van der Waals surface area contributed by atoms with Crippen molar-refractivity contribution < 1.29 is 0 Å². The number of hydrogen-bond acceptors (Lipinski definition) is 3. The maximum absolute atomic E-state index is 3.51. The van der Waals surface area contributed by atoms with Crippen molar-refractivity contribution >= 4 is 0 Å². The summed E-state index contributed by atoms with van der Waals surface area (Å²) in [6.07, 6.45) is 4.04. The van der Waals surface area contributed by atoms with Gasteiger partial charge in [-0.15, -0.1) is 0 Å². The molecule has 0 aliphatic carbocycles. The second kappa shape index (κ2) is 8.13. The molecule has 1 unspecified atom stereocenters. The van der Waals surface area contributed by atoms with E-state index in [4.69, 9.17) is 0 Å². The van der Waals surface area contributed by atoms with E-state index in [0.717, 1.165) is 13.1 Å². The maximum Gasteiger partial charge on any atom is 0.0109 e. The molecule has 1 atom stereocenters. The summed E-state index contributed by atoms with van der Waals surface area (Å²) in [4.78, 5) is 5.11. The Balaban J connectivity index is 2.24. The number of hydrogen-bond donors (Lipinski definition) is 1. The Bertz CT molecular complexity index is 214. The SMILES string of the molecule is CCNCC(C)(CC)CN(C)CCN1CCCC1. The van der Waals surface area contributed by atoms with Crippen molar-refractivity contribution in [1.29, 1.82) is 0 Å². The molecule has 0 amide bonds. The molecule has 1 fully saturated rings. The summed E-state index contributed by atoms with van der Waals surface area (Å²) in [5.41, 5.74) is 0.412. The highest BCUT2D eigenvalue weighted by Gasteiger charge is 2.23. The average molecular weight is 255 g/mol. The molecular formula is C15H33N3. The van der Waals surface area contributed by atoms with Crippen molar-refractivity contribution in [2.45, 2.75) is 40.0 Å². The van der Waals surface area contributed by atoms with E-state index in [2.05, 4.69) is 42.9 Å². The van der Waals surface area contributed by atoms with Gasteiger partial charge in [0.25, 0.3) is 0 Å². The van der Waals surface area contributed by atoms with Gasteiger partial charge in [-0.05, 0) is 51.4 Å². The lowest BCUT2D eigenvalue weighted by Gasteiger charge is -2.34. The van der Waals surface area contributed by atoms with E-state index in [9.17, 15) is 0 Å². The van der Waals surface area contributed by atoms with Gasteiger partial charge in [-0.25, -0.2) is 0 Å². The highest BCUT2D eigenvalue weighted by molar-refractivity contribution is 4.79. The number of nitrogens with zero attached hydrogens (tertiary/aromatic N) is 2. The predicted molar refractivity (Wildman–Crippen MR) is 80.1 cm³/mol. The lowest BCUT2D eigenvalue weighted by Crippen LogP contribution is -2.42. The first-order chi connectivity index (χ1) is 8.59. The molecule has 0 bridgehead atoms. The standard InChI is InChI=1S/C15H33N3/c1-5-15(3,13-16-6-2)14-17(4)11-12-18-9-7-8-10-18/h16H,5-14H2,1-4H3. The normalized spacial score (nSPS) is 20.5. The van der Waals surface area contributed by atoms with Crippen LogP contribution in [0.2, 0.25) is 0 Å². The van der Waals surface area contributed by atoms with Crippen LogP contribution in [0.15, 0.2) is 0 Å². The molecule has 0 aromatic rings. The van der Waals surface area contributed by atoms with Crippen molar-refractivity contribution in [1.82, 2.24) is 15.1 Å². The molecule has 0 radical (unpaired) electrons. The molecule has 0 saturated carbocycles. The van der Waals surface area contributed by atoms with Crippen LogP contribution in [0.4, 0.5) is 0 Å². The molecule has 3 nitrogen and oxygen atoms in total. The van der Waals surface area contributed by atoms with Gasteiger partial charge in [0.1, 0.15) is 0 Å². The minimum atomic E-state index is 0.412. The van der Waals surface area contributed by atoms with Gasteiger partial charge in [0.2, 0.25) is 0 Å². The Morgan fingerprint density at radius 2 is 1.89 bits per heavy atom. The van der Waals surface area contributed by atoms with E-state index in [0.29, 0.717) is 5.41 Å². The van der Waals surface area contributed by atoms with E-state index < -0.39 is 0 Å². The monoisotopic (exact) mass is 255 g/mol. The zero-order chi connectivity index (χ0) is 13.4. The summed E-state index contributed by atoms with van der Waals surface area (Å²) in [6.45, 7) is 15.4. The zero-order valence-electron chi connectivity index (χ0n) is 13.0. The van der Waals surface area contributed by atoms with Gasteiger partial charge >= 0.3 is 0 Å². The second-order valence-corrected chi connectivity index (χ2v) is 6.23. The zero-order valence-corrected chi connectivity index (χ0v) is 13.0. The van der Waals surface area contributed by atoms with Crippen LogP contribution in [0.25, 0.3) is 0 Å². The van der Waals surface area contributed by atoms with Crippen LogP contribution < -0.4 is 5.32 Å². The lowest BCUT2D eigenvalue weighted by atomic mass is 9.87. The molecule has 1 heterocycles. The summed E-state index contributed by atoms with van der Waals surface area (Å²) in [7, 11) is 2.27. The first-order valence-corrected chi connectivity index (χ1v) is 7.71. The molecule has 0 aromatic heterocycles. The van der Waals surface area contributed by atoms with Crippen molar-refractivity contribution in [2.75, 3.05) is 52.9 Å². The van der Waals surface area contributed by atoms with Gasteiger partial charge in [-0.1, -0.05) is 20.8 Å². The Labute approximate surface area is 114 Å². The van der Waals surface area contributed by atoms with Crippen LogP contribution in [0.1, 0.15) is 40.0 Å². The van der Waals surface area contributed by atoms with Crippen LogP contribution in [-0.4, -0.2) is 62.7 Å². The maximum atomic E-state index is 3.51. The molecule has 1 aliphatic heterocycles. The van der Waals surface area contributed by atoms with E-state index in [1.54, 1.807) is 0 Å². The highest BCUT2D eigenvalue weighted by Crippen LogP contribution is 2.21. The molecular weight excluding hydrogens is 222 g/mol. The first-order valence-electron chi connectivity index (χ1n) is 7.71. The smallest absolute Gasteiger partial charge is 0.0109 e. The summed E-state index contributed by atoms with van der Waals surface area (Å²) in [6, 6.07) is 0. The van der Waals surface area contributed by atoms with Gasteiger partial charge < -0.3 is 15.1 Å². The minimum Gasteiger partial charge on any atom is -0.316 e. The molecule has 1 N–H and O–H groups in total. The summed E-state index contributed by atoms with van der Waals surface area (Å²) >= 11 is 0. The molecule has 0 spiro atoms. The van der Waals surface area contributed by atoms with Gasteiger partial charge in [0.15, 0.2) is 0 Å². The number of rotatable bonds is 9. The topological polar surface area (TPSA) is 18.5 Å². The molecule has 108 valence electrons. The lowest BCUT2D eigenvalue weighted by molar-refractivity contribution is 0.166. The Morgan fingerprint density at radius 3 is 2.44 bits per heavy atom. The van der Waals surface area contributed by atoms with Crippen LogP contribution in [0.5, 0.6) is 0 Å². The molecule has 1 rings (SSSR count). The van der Waals surface area contributed by atoms with E-state index in [-0.39, 0.29) is 0 Å². The van der Waals surface area contributed by atoms with Crippen molar-refractivity contribution in [3.63, 3.8) is 0 Å². The Hall–Kier alpha value is -0.120. The van der Waals surface area contributed by atoms with Gasteiger partial charge in [0.05, 0.1) is 0 Å². The fourth-order valence-corrected chi connectivity index (χ4v) is 2.77. The van der Waals surface area contributed by atoms with Crippen LogP contribution in [-0.2, 0) is 0 Å². The van der Waals surface area contributed by atoms with E-state index in [1.165, 1.54) is 52.0 Å². The molecule has 3 heteroatoms. The number of likely N-dealkylation sites (tertiary alicyclic amines) is 1. The fraction of sp³-hybridized carbons (Fsp3) is 1.00. The minimum absolute atomic E-state index is 0.412. The van der Waals surface area contributed by atoms with Crippen molar-refractivity contribution in [3.8, 4) is 0 Å². The predicted octanol–water partition coefficient (Wildman–Crippen LogP) is 2.04. The highest BCUT2D eigenvalue weighted by atomic mass is 15.2. The number of nitrogens with one attached hydrogen (secondary N) is 1. The first kappa shape index (κ1) is 15.9. The molecule has 1 aliphatic rings. The quantitative estimate of drug-likeness (QED) is 0.680. The van der Waals surface area contributed by atoms with E-state index in [1.807, 2.05) is 0 Å². The van der Waals surface area contributed by atoms with E-state index >= 15 is 0 Å². The molecule has 18 heavy (non-hydrogen) atoms. The van der Waals surface area contributed by atoms with Gasteiger partial charge in [0, 0.05) is 26.2 Å². The molecule has 0 aromatic carbocycles. The third-order valence-electron chi connectivity index (χ3n) is 4.30. The summed E-state index contributed by atoms with van der Waals surface area (Å²) in [5, 5.41) is 3.51. The summed E-state index contributed by atoms with van der Waals surface area (Å²) in [5.74, 6) is 0. The fourth-order valence-electron chi connectivity index (χ4n) is 2.77. The van der Waals surface area contributed by atoms with Crippen LogP contribution >= 0.6 is 0 Å². The van der Waals surface area contributed by atoms with Gasteiger partial charge in [-0.3, -0.25) is 0 Å². The van der Waals surface area contributed by atoms with Crippen LogP contribution in [0, 0.1) is 5.41 Å².